The number of carbonyl (C=O) groups excluding carboxylic acids is 2. The zero-order valence-electron chi connectivity index (χ0n) is 10.8. The van der Waals surface area contributed by atoms with Crippen molar-refractivity contribution in [3.63, 3.8) is 0 Å². The number of esters is 1. The van der Waals surface area contributed by atoms with Crippen LogP contribution in [0.15, 0.2) is 15.7 Å². The normalized spacial score (nSPS) is 12.0. The van der Waals surface area contributed by atoms with E-state index in [4.69, 9.17) is 0 Å². The molecule has 8 nitrogen and oxygen atoms in total. The fourth-order valence-electron chi connectivity index (χ4n) is 1.43. The highest BCUT2D eigenvalue weighted by atomic mass is 16.5. The van der Waals surface area contributed by atoms with Crippen molar-refractivity contribution in [2.75, 3.05) is 7.11 Å². The van der Waals surface area contributed by atoms with Gasteiger partial charge in [0, 0.05) is 6.07 Å². The van der Waals surface area contributed by atoms with E-state index < -0.39 is 29.2 Å². The first-order chi connectivity index (χ1) is 8.85. The second-order valence-electron chi connectivity index (χ2n) is 4.22. The zero-order valence-corrected chi connectivity index (χ0v) is 10.8. The zero-order chi connectivity index (χ0) is 14.6. The molecule has 0 aliphatic rings. The fourth-order valence-corrected chi connectivity index (χ4v) is 1.43. The van der Waals surface area contributed by atoms with E-state index in [0.717, 1.165) is 6.07 Å². The van der Waals surface area contributed by atoms with Crippen molar-refractivity contribution in [1.82, 2.24) is 15.3 Å². The van der Waals surface area contributed by atoms with E-state index in [-0.39, 0.29) is 11.6 Å². The maximum absolute atomic E-state index is 11.8. The molecule has 1 amide bonds. The molecule has 0 bridgehead atoms. The van der Waals surface area contributed by atoms with Gasteiger partial charge in [-0.2, -0.15) is 0 Å². The van der Waals surface area contributed by atoms with E-state index in [1.807, 2.05) is 4.98 Å². The number of ether oxygens (including phenoxy) is 1. The molecule has 8 heteroatoms. The second-order valence-corrected chi connectivity index (χ2v) is 4.22. The number of hydrogen-bond acceptors (Lipinski definition) is 5. The largest absolute Gasteiger partial charge is 0.467 e. The van der Waals surface area contributed by atoms with Gasteiger partial charge in [-0.1, -0.05) is 13.8 Å². The maximum atomic E-state index is 11.8. The van der Waals surface area contributed by atoms with Gasteiger partial charge in [-0.3, -0.25) is 14.6 Å². The topological polar surface area (TPSA) is 121 Å². The maximum Gasteiger partial charge on any atom is 0.328 e. The molecule has 3 N–H and O–H groups in total. The van der Waals surface area contributed by atoms with Crippen molar-refractivity contribution < 1.29 is 14.3 Å². The van der Waals surface area contributed by atoms with Gasteiger partial charge in [-0.05, 0) is 5.92 Å². The molecule has 0 spiro atoms. The summed E-state index contributed by atoms with van der Waals surface area (Å²) in [6.45, 7) is 3.45. The molecule has 1 aromatic rings. The third-order valence-electron chi connectivity index (χ3n) is 2.41. The predicted octanol–water partition coefficient (Wildman–Crippen LogP) is -1.01. The Morgan fingerprint density at radius 2 is 1.89 bits per heavy atom. The number of aromatic amines is 2. The quantitative estimate of drug-likeness (QED) is 0.605. The van der Waals surface area contributed by atoms with Crippen LogP contribution in [0.4, 0.5) is 0 Å². The molecule has 0 aliphatic heterocycles. The minimum Gasteiger partial charge on any atom is -0.467 e. The smallest absolute Gasteiger partial charge is 0.328 e. The van der Waals surface area contributed by atoms with E-state index in [2.05, 4.69) is 15.0 Å². The Hall–Kier alpha value is -2.38. The molecule has 0 aliphatic carbocycles. The Bertz CT molecular complexity index is 558. The Morgan fingerprint density at radius 3 is 2.37 bits per heavy atom. The van der Waals surface area contributed by atoms with Crippen LogP contribution in [0, 0.1) is 5.92 Å². The summed E-state index contributed by atoms with van der Waals surface area (Å²) in [5.74, 6) is -1.53. The van der Waals surface area contributed by atoms with Gasteiger partial charge in [0.25, 0.3) is 11.5 Å². The molecule has 1 aromatic heterocycles. The van der Waals surface area contributed by atoms with Crippen molar-refractivity contribution in [2.24, 2.45) is 5.92 Å². The SMILES string of the molecule is COC(=O)C(NC(=O)c1cc(=O)[nH]c(=O)[nH]1)C(C)C. The fraction of sp³-hybridized carbons (Fsp3) is 0.455. The van der Waals surface area contributed by atoms with Gasteiger partial charge in [0.15, 0.2) is 0 Å². The minimum atomic E-state index is -0.861. The molecule has 0 fully saturated rings. The monoisotopic (exact) mass is 269 g/mol. The van der Waals surface area contributed by atoms with Gasteiger partial charge in [0.2, 0.25) is 0 Å². The molecular weight excluding hydrogens is 254 g/mol. The molecule has 0 saturated carbocycles. The average molecular weight is 269 g/mol. The molecule has 1 rings (SSSR count). The van der Waals surface area contributed by atoms with E-state index in [9.17, 15) is 19.2 Å². The third-order valence-corrected chi connectivity index (χ3v) is 2.41. The van der Waals surface area contributed by atoms with Crippen LogP contribution in [0.5, 0.6) is 0 Å². The van der Waals surface area contributed by atoms with Crippen LogP contribution in [0.2, 0.25) is 0 Å². The molecule has 1 heterocycles. The first-order valence-corrected chi connectivity index (χ1v) is 5.57. The van der Waals surface area contributed by atoms with Crippen LogP contribution in [0.25, 0.3) is 0 Å². The molecule has 104 valence electrons. The lowest BCUT2D eigenvalue weighted by Crippen LogP contribution is -2.46. The van der Waals surface area contributed by atoms with Crippen molar-refractivity contribution >= 4 is 11.9 Å². The summed E-state index contributed by atoms with van der Waals surface area (Å²) >= 11 is 0. The van der Waals surface area contributed by atoms with E-state index in [1.165, 1.54) is 7.11 Å². The number of nitrogens with one attached hydrogen (secondary N) is 3. The van der Waals surface area contributed by atoms with Crippen LogP contribution in [-0.4, -0.2) is 35.0 Å². The molecule has 0 aromatic carbocycles. The van der Waals surface area contributed by atoms with Gasteiger partial charge < -0.3 is 15.0 Å². The Kier molecular flexibility index (Phi) is 4.62. The third kappa shape index (κ3) is 3.80. The van der Waals surface area contributed by atoms with Crippen LogP contribution in [0.1, 0.15) is 24.3 Å². The highest BCUT2D eigenvalue weighted by Crippen LogP contribution is 2.04. The highest BCUT2D eigenvalue weighted by Gasteiger charge is 2.25. The minimum absolute atomic E-state index is 0.204. The van der Waals surface area contributed by atoms with Crippen LogP contribution >= 0.6 is 0 Å². The second kappa shape index (κ2) is 5.98. The van der Waals surface area contributed by atoms with Gasteiger partial charge in [-0.15, -0.1) is 0 Å². The number of rotatable bonds is 4. The molecule has 1 atom stereocenters. The van der Waals surface area contributed by atoms with Crippen LogP contribution < -0.4 is 16.6 Å². The first kappa shape index (κ1) is 14.7. The first-order valence-electron chi connectivity index (χ1n) is 5.57. The predicted molar refractivity (Wildman–Crippen MR) is 65.8 cm³/mol. The average Bonchev–Trinajstić information content (AvgIpc) is 2.33. The van der Waals surface area contributed by atoms with E-state index in [1.54, 1.807) is 13.8 Å². The number of aromatic nitrogens is 2. The van der Waals surface area contributed by atoms with Crippen molar-refractivity contribution in [1.29, 1.82) is 0 Å². The van der Waals surface area contributed by atoms with Gasteiger partial charge in [0.05, 0.1) is 7.11 Å². The molecule has 0 saturated heterocycles. The summed E-state index contributed by atoms with van der Waals surface area (Å²) in [5.41, 5.74) is -1.71. The van der Waals surface area contributed by atoms with Crippen molar-refractivity contribution in [2.45, 2.75) is 19.9 Å². The lowest BCUT2D eigenvalue weighted by molar-refractivity contribution is -0.144. The highest BCUT2D eigenvalue weighted by molar-refractivity contribution is 5.95. The van der Waals surface area contributed by atoms with E-state index in [0.29, 0.717) is 0 Å². The lowest BCUT2D eigenvalue weighted by Gasteiger charge is -2.19. The van der Waals surface area contributed by atoms with Gasteiger partial charge in [-0.25, -0.2) is 9.59 Å². The Balaban J connectivity index is 2.97. The molecule has 1 unspecified atom stereocenters. The summed E-state index contributed by atoms with van der Waals surface area (Å²) in [6, 6.07) is 0.0751. The van der Waals surface area contributed by atoms with E-state index >= 15 is 0 Å². The standard InChI is InChI=1S/C11H15N3O5/c1-5(2)8(10(17)19-3)14-9(16)6-4-7(15)13-11(18)12-6/h4-5,8H,1-3H3,(H,14,16)(H2,12,13,15,18). The van der Waals surface area contributed by atoms with Gasteiger partial charge in [0.1, 0.15) is 11.7 Å². The molecular formula is C11H15N3O5. The van der Waals surface area contributed by atoms with Crippen LogP contribution in [-0.2, 0) is 9.53 Å². The van der Waals surface area contributed by atoms with Crippen LogP contribution in [0.3, 0.4) is 0 Å². The number of H-pyrrole nitrogens is 2. The van der Waals surface area contributed by atoms with Crippen molar-refractivity contribution in [3.8, 4) is 0 Å². The number of amides is 1. The summed E-state index contributed by atoms with van der Waals surface area (Å²) in [6.07, 6.45) is 0. The molecule has 19 heavy (non-hydrogen) atoms. The number of carbonyl (C=O) groups is 2. The number of methoxy groups -OCH3 is 1. The summed E-state index contributed by atoms with van der Waals surface area (Å²) in [4.78, 5) is 49.6. The summed E-state index contributed by atoms with van der Waals surface area (Å²) in [7, 11) is 1.21. The number of hydrogen-bond donors (Lipinski definition) is 3. The van der Waals surface area contributed by atoms with Gasteiger partial charge >= 0.3 is 11.7 Å². The summed E-state index contributed by atoms with van der Waals surface area (Å²) < 4.78 is 4.56. The lowest BCUT2D eigenvalue weighted by atomic mass is 10.0. The Labute approximate surface area is 108 Å². The summed E-state index contributed by atoms with van der Waals surface area (Å²) in [5, 5.41) is 2.40. The Morgan fingerprint density at radius 1 is 1.26 bits per heavy atom. The van der Waals surface area contributed by atoms with Crippen molar-refractivity contribution in [3.05, 3.63) is 32.6 Å². The molecule has 0 radical (unpaired) electrons.